The Bertz CT molecular complexity index is 726. The van der Waals surface area contributed by atoms with Crippen LogP contribution in [-0.4, -0.2) is 16.7 Å². The van der Waals surface area contributed by atoms with E-state index in [1.807, 2.05) is 12.2 Å². The number of carbonyl (C=O) groups excluding carboxylic acids is 2. The van der Waals surface area contributed by atoms with Gasteiger partial charge in [0, 0.05) is 12.1 Å². The van der Waals surface area contributed by atoms with E-state index >= 15 is 0 Å². The highest BCUT2D eigenvalue weighted by Crippen LogP contribution is 2.53. The number of nitro groups is 1. The van der Waals surface area contributed by atoms with E-state index in [1.54, 1.807) is 0 Å². The predicted octanol–water partition coefficient (Wildman–Crippen LogP) is 0.980. The third kappa shape index (κ3) is 1.50. The van der Waals surface area contributed by atoms with Gasteiger partial charge in [0.2, 0.25) is 11.8 Å². The van der Waals surface area contributed by atoms with Crippen molar-refractivity contribution in [3.63, 3.8) is 0 Å². The fraction of sp³-hybridized carbons (Fsp3) is 0.333. The highest BCUT2D eigenvalue weighted by atomic mass is 16.6. The van der Waals surface area contributed by atoms with Crippen LogP contribution < -0.4 is 10.0 Å². The highest BCUT2D eigenvalue weighted by molar-refractivity contribution is 6.23. The first kappa shape index (κ1) is 13.0. The normalized spacial score (nSPS) is 31.9. The molecule has 0 N–H and O–H groups in total. The van der Waals surface area contributed by atoms with Crippen LogP contribution in [0.3, 0.4) is 0 Å². The molecule has 22 heavy (non-hydrogen) atoms. The number of rotatable bonds is 2. The van der Waals surface area contributed by atoms with E-state index in [0.29, 0.717) is 0 Å². The van der Waals surface area contributed by atoms with Gasteiger partial charge in [0.05, 0.1) is 22.4 Å². The number of fused-ring (bicyclic) bond motifs is 5. The van der Waals surface area contributed by atoms with Gasteiger partial charge in [0.15, 0.2) is 0 Å². The molecule has 1 aliphatic heterocycles. The average molecular weight is 299 g/mol. The smallest absolute Gasteiger partial charge is 0.271 e. The first-order valence-corrected chi connectivity index (χ1v) is 7.00. The average Bonchev–Trinajstić information content (AvgIpc) is 3.14. The van der Waals surface area contributed by atoms with Crippen LogP contribution in [-0.2, 0) is 9.59 Å². The van der Waals surface area contributed by atoms with Crippen molar-refractivity contribution in [1.29, 1.82) is 0 Å². The molecule has 1 saturated heterocycles. The maximum atomic E-state index is 12.6. The zero-order valence-corrected chi connectivity index (χ0v) is 11.3. The van der Waals surface area contributed by atoms with Crippen LogP contribution in [0, 0.1) is 33.8 Å². The van der Waals surface area contributed by atoms with Gasteiger partial charge >= 0.3 is 0 Å². The molecular formula is C15H11N2O5-. The minimum atomic E-state index is -0.653. The number of allylic oxidation sites excluding steroid dienone is 2. The maximum Gasteiger partial charge on any atom is 0.271 e. The Labute approximate surface area is 125 Å². The monoisotopic (exact) mass is 299 g/mol. The van der Waals surface area contributed by atoms with Crippen LogP contribution in [0.15, 0.2) is 30.4 Å². The summed E-state index contributed by atoms with van der Waals surface area (Å²) in [5, 5.41) is 22.8. The van der Waals surface area contributed by atoms with E-state index < -0.39 is 34.3 Å². The molecule has 7 heteroatoms. The largest absolute Gasteiger partial charge is 0.871 e. The van der Waals surface area contributed by atoms with Crippen molar-refractivity contribution in [2.24, 2.45) is 23.7 Å². The predicted molar refractivity (Wildman–Crippen MR) is 72.8 cm³/mol. The molecule has 2 aliphatic carbocycles. The Morgan fingerprint density at radius 2 is 1.68 bits per heavy atom. The second-order valence-corrected chi connectivity index (χ2v) is 5.92. The van der Waals surface area contributed by atoms with Gasteiger partial charge in [-0.15, -0.1) is 0 Å². The quantitative estimate of drug-likeness (QED) is 0.350. The molecule has 1 saturated carbocycles. The van der Waals surface area contributed by atoms with E-state index in [4.69, 9.17) is 0 Å². The molecule has 1 aromatic carbocycles. The lowest BCUT2D eigenvalue weighted by atomic mass is 9.85. The summed E-state index contributed by atoms with van der Waals surface area (Å²) in [5.74, 6) is -2.18. The Kier molecular flexibility index (Phi) is 2.46. The summed E-state index contributed by atoms with van der Waals surface area (Å²) < 4.78 is 0. The van der Waals surface area contributed by atoms with Gasteiger partial charge in [-0.25, -0.2) is 0 Å². The van der Waals surface area contributed by atoms with Crippen LogP contribution in [0.5, 0.6) is 5.75 Å². The van der Waals surface area contributed by atoms with Crippen molar-refractivity contribution in [1.82, 2.24) is 0 Å². The highest BCUT2D eigenvalue weighted by Gasteiger charge is 2.59. The van der Waals surface area contributed by atoms with Gasteiger partial charge in [-0.2, -0.15) is 0 Å². The molecule has 0 aromatic heterocycles. The van der Waals surface area contributed by atoms with Crippen LogP contribution in [0.2, 0.25) is 0 Å². The molecule has 4 atom stereocenters. The van der Waals surface area contributed by atoms with E-state index in [9.17, 15) is 24.8 Å². The Balaban J connectivity index is 1.79. The zero-order chi connectivity index (χ0) is 15.6. The lowest BCUT2D eigenvalue weighted by Gasteiger charge is -2.22. The summed E-state index contributed by atoms with van der Waals surface area (Å²) in [6.45, 7) is 0. The van der Waals surface area contributed by atoms with Gasteiger partial charge < -0.3 is 5.11 Å². The number of non-ortho nitro benzene ring substituents is 1. The van der Waals surface area contributed by atoms with Gasteiger partial charge in [0.25, 0.3) is 5.69 Å². The lowest BCUT2D eigenvalue weighted by molar-refractivity contribution is -0.385. The summed E-state index contributed by atoms with van der Waals surface area (Å²) in [4.78, 5) is 36.2. The fourth-order valence-electron chi connectivity index (χ4n) is 3.93. The molecular weight excluding hydrogens is 288 g/mol. The second-order valence-electron chi connectivity index (χ2n) is 5.92. The summed E-state index contributed by atoms with van der Waals surface area (Å²) in [6.07, 6.45) is 4.69. The summed E-state index contributed by atoms with van der Waals surface area (Å²) in [7, 11) is 0. The number of nitrogens with zero attached hydrogens (tertiary/aromatic N) is 2. The Morgan fingerprint density at radius 3 is 2.23 bits per heavy atom. The number of hydrogen-bond donors (Lipinski definition) is 0. The molecule has 1 heterocycles. The van der Waals surface area contributed by atoms with E-state index in [2.05, 4.69) is 0 Å². The molecule has 2 bridgehead atoms. The van der Waals surface area contributed by atoms with E-state index in [0.717, 1.165) is 29.5 Å². The van der Waals surface area contributed by atoms with Crippen molar-refractivity contribution >= 4 is 23.2 Å². The van der Waals surface area contributed by atoms with Gasteiger partial charge in [-0.1, -0.05) is 24.0 Å². The van der Waals surface area contributed by atoms with Crippen LogP contribution in [0.25, 0.3) is 0 Å². The maximum absolute atomic E-state index is 12.6. The standard InChI is InChI=1S/C15H12N2O5/c18-11-4-3-9(17(21)22)6-10(11)16-14(19)12-7-1-2-8(5-7)13(12)15(16)20/h1-4,6-8,12-13,18H,5H2/p-1/t7-,8-,12-,13+/m0/s1. The zero-order valence-electron chi connectivity index (χ0n) is 11.3. The first-order valence-electron chi connectivity index (χ1n) is 7.00. The Hall–Kier alpha value is -2.70. The molecule has 1 aromatic rings. The summed E-state index contributed by atoms with van der Waals surface area (Å²) in [6, 6.07) is 3.10. The molecule has 0 spiro atoms. The molecule has 4 rings (SSSR count). The van der Waals surface area contributed by atoms with E-state index in [-0.39, 0.29) is 23.2 Å². The van der Waals surface area contributed by atoms with Crippen LogP contribution >= 0.6 is 0 Å². The SMILES string of the molecule is O=C1[C@@H]2[C@H](C(=O)N1c1cc([N+](=O)[O-])ccc1[O-])[C@H]1C=C[C@H]2C1. The van der Waals surface area contributed by atoms with E-state index in [1.165, 1.54) is 0 Å². The van der Waals surface area contributed by atoms with Crippen molar-refractivity contribution in [2.45, 2.75) is 6.42 Å². The molecule has 3 aliphatic rings. The lowest BCUT2D eigenvalue weighted by Crippen LogP contribution is -2.33. The third-order valence-corrected chi connectivity index (χ3v) is 4.86. The number of nitro benzene ring substituents is 1. The number of hydrogen-bond acceptors (Lipinski definition) is 5. The summed E-state index contributed by atoms with van der Waals surface area (Å²) >= 11 is 0. The van der Waals surface area contributed by atoms with Gasteiger partial charge in [-0.05, 0) is 18.3 Å². The third-order valence-electron chi connectivity index (χ3n) is 4.86. The number of imide groups is 1. The number of carbonyl (C=O) groups is 2. The van der Waals surface area contributed by atoms with Crippen molar-refractivity contribution < 1.29 is 19.6 Å². The van der Waals surface area contributed by atoms with Crippen LogP contribution in [0.4, 0.5) is 11.4 Å². The van der Waals surface area contributed by atoms with Gasteiger partial charge in [-0.3, -0.25) is 24.6 Å². The molecule has 112 valence electrons. The van der Waals surface area contributed by atoms with Gasteiger partial charge in [0.1, 0.15) is 0 Å². The number of anilines is 1. The molecule has 0 radical (unpaired) electrons. The number of benzene rings is 1. The topological polar surface area (TPSA) is 104 Å². The van der Waals surface area contributed by atoms with Crippen LogP contribution in [0.1, 0.15) is 6.42 Å². The minimum absolute atomic E-state index is 0.0326. The number of amides is 2. The van der Waals surface area contributed by atoms with Crippen molar-refractivity contribution in [2.75, 3.05) is 4.90 Å². The summed E-state index contributed by atoms with van der Waals surface area (Å²) in [5.41, 5.74) is -0.522. The second kappa shape index (κ2) is 4.16. The Morgan fingerprint density at radius 1 is 1.09 bits per heavy atom. The fourth-order valence-corrected chi connectivity index (χ4v) is 3.93. The molecule has 7 nitrogen and oxygen atoms in total. The first-order chi connectivity index (χ1) is 10.5. The van der Waals surface area contributed by atoms with Crippen molar-refractivity contribution in [3.05, 3.63) is 40.5 Å². The molecule has 2 amide bonds. The molecule has 2 fully saturated rings. The molecule has 0 unspecified atom stereocenters. The van der Waals surface area contributed by atoms with Crippen molar-refractivity contribution in [3.8, 4) is 5.75 Å². The minimum Gasteiger partial charge on any atom is -0.871 e.